The lowest BCUT2D eigenvalue weighted by Gasteiger charge is -2.07. The van der Waals surface area contributed by atoms with Crippen LogP contribution in [0.1, 0.15) is 15.9 Å². The first-order chi connectivity index (χ1) is 8.31. The smallest absolute Gasteiger partial charge is 0.256 e. The summed E-state index contributed by atoms with van der Waals surface area (Å²) in [7, 11) is 0. The van der Waals surface area contributed by atoms with Crippen LogP contribution in [0.15, 0.2) is 48.8 Å². The molecule has 0 bridgehead atoms. The number of pyridine rings is 1. The number of carbonyl (C=O) groups excluding carboxylic acids is 1. The van der Waals surface area contributed by atoms with Gasteiger partial charge in [0.1, 0.15) is 0 Å². The number of aliphatic hydroxyl groups excluding tert-OH is 1. The van der Waals surface area contributed by atoms with Crippen molar-refractivity contribution in [3.63, 3.8) is 0 Å². The Balaban J connectivity index is 2.20. The van der Waals surface area contributed by atoms with E-state index in [-0.39, 0.29) is 12.5 Å². The number of anilines is 1. The molecule has 0 aliphatic heterocycles. The van der Waals surface area contributed by atoms with E-state index in [2.05, 4.69) is 10.3 Å². The molecule has 1 aromatic heterocycles. The van der Waals surface area contributed by atoms with Crippen molar-refractivity contribution >= 4 is 11.6 Å². The Labute approximate surface area is 98.9 Å². The van der Waals surface area contributed by atoms with E-state index in [0.717, 1.165) is 5.69 Å². The molecule has 1 aromatic carbocycles. The topological polar surface area (TPSA) is 62.2 Å². The molecule has 0 spiro atoms. The number of benzene rings is 1. The molecule has 1 heterocycles. The monoisotopic (exact) mass is 228 g/mol. The number of hydrogen-bond acceptors (Lipinski definition) is 3. The van der Waals surface area contributed by atoms with Crippen LogP contribution in [0.4, 0.5) is 5.69 Å². The SMILES string of the molecule is O=C(Nc1ccccc1)c1ccncc1CO. The van der Waals surface area contributed by atoms with Gasteiger partial charge in [-0.15, -0.1) is 0 Å². The summed E-state index contributed by atoms with van der Waals surface area (Å²) < 4.78 is 0. The minimum Gasteiger partial charge on any atom is -0.392 e. The molecule has 4 nitrogen and oxygen atoms in total. The van der Waals surface area contributed by atoms with Crippen molar-refractivity contribution in [2.24, 2.45) is 0 Å². The summed E-state index contributed by atoms with van der Waals surface area (Å²) in [6.07, 6.45) is 3.01. The molecule has 0 fully saturated rings. The van der Waals surface area contributed by atoms with Gasteiger partial charge in [-0.05, 0) is 18.2 Å². The Morgan fingerprint density at radius 3 is 2.71 bits per heavy atom. The van der Waals surface area contributed by atoms with Gasteiger partial charge in [0.25, 0.3) is 5.91 Å². The molecule has 0 saturated carbocycles. The van der Waals surface area contributed by atoms with Gasteiger partial charge in [-0.1, -0.05) is 18.2 Å². The number of nitrogens with zero attached hydrogens (tertiary/aromatic N) is 1. The van der Waals surface area contributed by atoms with Crippen LogP contribution in [0.2, 0.25) is 0 Å². The third kappa shape index (κ3) is 2.68. The van der Waals surface area contributed by atoms with Crippen LogP contribution in [0.25, 0.3) is 0 Å². The number of amides is 1. The quantitative estimate of drug-likeness (QED) is 0.842. The highest BCUT2D eigenvalue weighted by molar-refractivity contribution is 6.05. The number of nitrogens with one attached hydrogen (secondary N) is 1. The van der Waals surface area contributed by atoms with Gasteiger partial charge in [-0.3, -0.25) is 9.78 Å². The van der Waals surface area contributed by atoms with Gasteiger partial charge in [-0.2, -0.15) is 0 Å². The molecule has 0 atom stereocenters. The summed E-state index contributed by atoms with van der Waals surface area (Å²) >= 11 is 0. The number of hydrogen-bond donors (Lipinski definition) is 2. The molecule has 0 aliphatic rings. The predicted molar refractivity (Wildman–Crippen MR) is 64.6 cm³/mol. The molecule has 2 aromatic rings. The van der Waals surface area contributed by atoms with E-state index in [9.17, 15) is 4.79 Å². The zero-order chi connectivity index (χ0) is 12.1. The molecule has 2 rings (SSSR count). The molecule has 0 aliphatic carbocycles. The van der Waals surface area contributed by atoms with Crippen molar-refractivity contribution in [3.8, 4) is 0 Å². The van der Waals surface area contributed by atoms with Crippen LogP contribution >= 0.6 is 0 Å². The summed E-state index contributed by atoms with van der Waals surface area (Å²) in [6.45, 7) is -0.203. The Hall–Kier alpha value is -2.20. The normalized spacial score (nSPS) is 9.94. The largest absolute Gasteiger partial charge is 0.392 e. The van der Waals surface area contributed by atoms with E-state index in [1.54, 1.807) is 18.2 Å². The zero-order valence-electron chi connectivity index (χ0n) is 9.13. The second-order valence-corrected chi connectivity index (χ2v) is 3.51. The maximum absolute atomic E-state index is 11.9. The van der Waals surface area contributed by atoms with Crippen LogP contribution in [0.5, 0.6) is 0 Å². The molecule has 0 saturated heterocycles. The lowest BCUT2D eigenvalue weighted by atomic mass is 10.1. The molecule has 2 N–H and O–H groups in total. The first-order valence-electron chi connectivity index (χ1n) is 5.21. The minimum atomic E-state index is -0.248. The van der Waals surface area contributed by atoms with Gasteiger partial charge in [0.2, 0.25) is 0 Å². The molecule has 86 valence electrons. The number of rotatable bonds is 3. The summed E-state index contributed by atoms with van der Waals surface area (Å²) in [5.74, 6) is -0.248. The average Bonchev–Trinajstić information content (AvgIpc) is 2.40. The average molecular weight is 228 g/mol. The third-order valence-corrected chi connectivity index (χ3v) is 2.35. The molecule has 1 amide bonds. The molecular weight excluding hydrogens is 216 g/mol. The highest BCUT2D eigenvalue weighted by Crippen LogP contribution is 2.11. The second-order valence-electron chi connectivity index (χ2n) is 3.51. The lowest BCUT2D eigenvalue weighted by Crippen LogP contribution is -2.14. The van der Waals surface area contributed by atoms with Gasteiger partial charge in [0, 0.05) is 29.2 Å². The molecule has 4 heteroatoms. The lowest BCUT2D eigenvalue weighted by molar-refractivity contribution is 0.102. The summed E-state index contributed by atoms with van der Waals surface area (Å²) in [6, 6.07) is 10.8. The van der Waals surface area contributed by atoms with Crippen molar-refractivity contribution in [2.45, 2.75) is 6.61 Å². The van der Waals surface area contributed by atoms with Gasteiger partial charge in [0.15, 0.2) is 0 Å². The van der Waals surface area contributed by atoms with Crippen molar-refractivity contribution in [1.29, 1.82) is 0 Å². The Morgan fingerprint density at radius 2 is 2.00 bits per heavy atom. The Kier molecular flexibility index (Phi) is 3.47. The van der Waals surface area contributed by atoms with Crippen LogP contribution < -0.4 is 5.32 Å². The zero-order valence-corrected chi connectivity index (χ0v) is 9.13. The first kappa shape index (κ1) is 11.3. The highest BCUT2D eigenvalue weighted by atomic mass is 16.3. The van der Waals surface area contributed by atoms with Crippen LogP contribution in [-0.2, 0) is 6.61 Å². The minimum absolute atomic E-state index is 0.203. The van der Waals surface area contributed by atoms with E-state index in [0.29, 0.717) is 11.1 Å². The Morgan fingerprint density at radius 1 is 1.24 bits per heavy atom. The van der Waals surface area contributed by atoms with Crippen molar-refractivity contribution in [3.05, 3.63) is 59.9 Å². The van der Waals surface area contributed by atoms with Gasteiger partial charge in [-0.25, -0.2) is 0 Å². The fourth-order valence-corrected chi connectivity index (χ4v) is 1.49. The van der Waals surface area contributed by atoms with Gasteiger partial charge in [0.05, 0.1) is 6.61 Å². The summed E-state index contributed by atoms with van der Waals surface area (Å²) in [4.78, 5) is 15.8. The summed E-state index contributed by atoms with van der Waals surface area (Å²) in [5, 5.41) is 11.9. The first-order valence-corrected chi connectivity index (χ1v) is 5.21. The fourth-order valence-electron chi connectivity index (χ4n) is 1.49. The number of aliphatic hydroxyl groups is 1. The van der Waals surface area contributed by atoms with E-state index in [1.165, 1.54) is 12.4 Å². The van der Waals surface area contributed by atoms with E-state index in [4.69, 9.17) is 5.11 Å². The van der Waals surface area contributed by atoms with E-state index < -0.39 is 0 Å². The van der Waals surface area contributed by atoms with Crippen LogP contribution in [0, 0.1) is 0 Å². The molecule has 17 heavy (non-hydrogen) atoms. The molecular formula is C13H12N2O2. The Bertz CT molecular complexity index is 512. The van der Waals surface area contributed by atoms with Gasteiger partial charge >= 0.3 is 0 Å². The van der Waals surface area contributed by atoms with E-state index in [1.807, 2.05) is 18.2 Å². The van der Waals surface area contributed by atoms with Crippen molar-refractivity contribution in [1.82, 2.24) is 4.98 Å². The predicted octanol–water partition coefficient (Wildman–Crippen LogP) is 1.83. The maximum Gasteiger partial charge on any atom is 0.256 e. The maximum atomic E-state index is 11.9. The van der Waals surface area contributed by atoms with E-state index >= 15 is 0 Å². The van der Waals surface area contributed by atoms with Crippen molar-refractivity contribution in [2.75, 3.05) is 5.32 Å². The number of carbonyl (C=O) groups is 1. The van der Waals surface area contributed by atoms with Crippen LogP contribution in [-0.4, -0.2) is 16.0 Å². The standard InChI is InChI=1S/C13H12N2O2/c16-9-10-8-14-7-6-12(10)13(17)15-11-4-2-1-3-5-11/h1-8,16H,9H2,(H,15,17). The summed E-state index contributed by atoms with van der Waals surface area (Å²) in [5.41, 5.74) is 1.67. The number of aromatic nitrogens is 1. The molecule has 0 unspecified atom stereocenters. The third-order valence-electron chi connectivity index (χ3n) is 2.35. The second kappa shape index (κ2) is 5.23. The van der Waals surface area contributed by atoms with Gasteiger partial charge < -0.3 is 10.4 Å². The van der Waals surface area contributed by atoms with Crippen LogP contribution in [0.3, 0.4) is 0 Å². The molecule has 0 radical (unpaired) electrons. The van der Waals surface area contributed by atoms with Crippen molar-refractivity contribution < 1.29 is 9.90 Å². The number of para-hydroxylation sites is 1. The highest BCUT2D eigenvalue weighted by Gasteiger charge is 2.10. The fraction of sp³-hybridized carbons (Fsp3) is 0.0769.